The van der Waals surface area contributed by atoms with Crippen molar-refractivity contribution in [3.63, 3.8) is 0 Å². The maximum Gasteiger partial charge on any atom is 0.358 e. The van der Waals surface area contributed by atoms with E-state index >= 15 is 0 Å². The Bertz CT molecular complexity index is 476. The zero-order chi connectivity index (χ0) is 13.8. The molecule has 0 aliphatic carbocycles. The highest BCUT2D eigenvalue weighted by molar-refractivity contribution is 5.87. The number of methoxy groups -OCH3 is 1. The second kappa shape index (κ2) is 5.61. The molecule has 1 unspecified atom stereocenters. The van der Waals surface area contributed by atoms with Gasteiger partial charge < -0.3 is 19.5 Å². The molecule has 19 heavy (non-hydrogen) atoms. The molecule has 0 saturated carbocycles. The van der Waals surface area contributed by atoms with Crippen LogP contribution >= 0.6 is 0 Å². The highest BCUT2D eigenvalue weighted by atomic mass is 16.5. The van der Waals surface area contributed by atoms with E-state index in [1.54, 1.807) is 11.0 Å². The monoisotopic (exact) mass is 267 g/mol. The van der Waals surface area contributed by atoms with E-state index in [1.165, 1.54) is 13.2 Å². The number of hydrogen-bond acceptors (Lipinski definition) is 7. The minimum atomic E-state index is -0.987. The summed E-state index contributed by atoms with van der Waals surface area (Å²) in [6.45, 7) is 0.920. The Balaban J connectivity index is 2.20. The lowest BCUT2D eigenvalue weighted by molar-refractivity contribution is -0.141. The van der Waals surface area contributed by atoms with Crippen LogP contribution in [0.4, 0.5) is 5.82 Å². The SMILES string of the molecule is COC(=O)c1ccc(N2CCOCC2C(=O)O)nn1. The van der Waals surface area contributed by atoms with Crippen LogP contribution in [0.15, 0.2) is 12.1 Å². The van der Waals surface area contributed by atoms with Crippen LogP contribution < -0.4 is 4.90 Å². The number of carbonyl (C=O) groups excluding carboxylic acids is 1. The number of anilines is 1. The van der Waals surface area contributed by atoms with E-state index in [9.17, 15) is 9.59 Å². The third kappa shape index (κ3) is 2.79. The first-order valence-electron chi connectivity index (χ1n) is 5.62. The predicted octanol–water partition coefficient (Wildman–Crippen LogP) is -0.447. The van der Waals surface area contributed by atoms with E-state index in [4.69, 9.17) is 9.84 Å². The topological polar surface area (TPSA) is 102 Å². The van der Waals surface area contributed by atoms with Crippen molar-refractivity contribution in [2.75, 3.05) is 31.8 Å². The Morgan fingerprint density at radius 2 is 2.26 bits per heavy atom. The second-order valence-corrected chi connectivity index (χ2v) is 3.89. The molecule has 8 nitrogen and oxygen atoms in total. The Morgan fingerprint density at radius 1 is 1.47 bits per heavy atom. The smallest absolute Gasteiger partial charge is 0.358 e. The van der Waals surface area contributed by atoms with Gasteiger partial charge in [-0.25, -0.2) is 9.59 Å². The number of carboxylic acids is 1. The van der Waals surface area contributed by atoms with Crippen molar-refractivity contribution >= 4 is 17.8 Å². The van der Waals surface area contributed by atoms with Gasteiger partial charge >= 0.3 is 11.9 Å². The number of rotatable bonds is 3. The van der Waals surface area contributed by atoms with Crippen LogP contribution in [-0.4, -0.2) is 60.2 Å². The van der Waals surface area contributed by atoms with Crippen molar-refractivity contribution in [3.05, 3.63) is 17.8 Å². The molecule has 2 rings (SSSR count). The summed E-state index contributed by atoms with van der Waals surface area (Å²) in [7, 11) is 1.25. The summed E-state index contributed by atoms with van der Waals surface area (Å²) in [5.74, 6) is -1.18. The van der Waals surface area contributed by atoms with Crippen molar-refractivity contribution in [1.29, 1.82) is 0 Å². The van der Waals surface area contributed by atoms with Crippen molar-refractivity contribution in [2.45, 2.75) is 6.04 Å². The number of ether oxygens (including phenoxy) is 2. The Morgan fingerprint density at radius 3 is 2.84 bits per heavy atom. The molecule has 1 atom stereocenters. The Labute approximate surface area is 108 Å². The third-order valence-electron chi connectivity index (χ3n) is 2.75. The molecule has 0 bridgehead atoms. The quantitative estimate of drug-likeness (QED) is 0.735. The fraction of sp³-hybridized carbons (Fsp3) is 0.455. The van der Waals surface area contributed by atoms with Gasteiger partial charge in [-0.2, -0.15) is 0 Å². The fourth-order valence-electron chi connectivity index (χ4n) is 1.77. The Kier molecular flexibility index (Phi) is 3.91. The van der Waals surface area contributed by atoms with Crippen LogP contribution in [0.5, 0.6) is 0 Å². The molecule has 1 N–H and O–H groups in total. The van der Waals surface area contributed by atoms with Crippen molar-refractivity contribution in [3.8, 4) is 0 Å². The van der Waals surface area contributed by atoms with E-state index in [0.29, 0.717) is 19.0 Å². The molecule has 0 aromatic carbocycles. The summed E-state index contributed by atoms with van der Waals surface area (Å²) in [6, 6.07) is 2.19. The molecule has 2 heterocycles. The zero-order valence-corrected chi connectivity index (χ0v) is 10.3. The summed E-state index contributed by atoms with van der Waals surface area (Å²) in [5, 5.41) is 16.7. The number of esters is 1. The molecule has 0 radical (unpaired) electrons. The van der Waals surface area contributed by atoms with Gasteiger partial charge in [0.15, 0.2) is 17.6 Å². The summed E-state index contributed by atoms with van der Waals surface area (Å²) >= 11 is 0. The normalized spacial score (nSPS) is 19.0. The average molecular weight is 267 g/mol. The number of morpholine rings is 1. The van der Waals surface area contributed by atoms with Gasteiger partial charge in [-0.05, 0) is 12.1 Å². The first kappa shape index (κ1) is 13.2. The molecule has 1 aromatic heterocycles. The molecule has 1 saturated heterocycles. The highest BCUT2D eigenvalue weighted by Crippen LogP contribution is 2.17. The van der Waals surface area contributed by atoms with Crippen molar-refractivity contribution < 1.29 is 24.2 Å². The van der Waals surface area contributed by atoms with Crippen LogP contribution in [0.25, 0.3) is 0 Å². The van der Waals surface area contributed by atoms with Gasteiger partial charge in [-0.1, -0.05) is 0 Å². The fourth-order valence-corrected chi connectivity index (χ4v) is 1.77. The molecule has 1 aliphatic heterocycles. The highest BCUT2D eigenvalue weighted by Gasteiger charge is 2.30. The summed E-state index contributed by atoms with van der Waals surface area (Å²) in [5.41, 5.74) is 0.0754. The van der Waals surface area contributed by atoms with E-state index in [2.05, 4.69) is 14.9 Å². The van der Waals surface area contributed by atoms with E-state index in [1.807, 2.05) is 0 Å². The number of aromatic nitrogens is 2. The number of nitrogens with zero attached hydrogens (tertiary/aromatic N) is 3. The van der Waals surface area contributed by atoms with Crippen LogP contribution in [0.3, 0.4) is 0 Å². The molecule has 1 aromatic rings. The molecule has 0 spiro atoms. The van der Waals surface area contributed by atoms with Gasteiger partial charge in [0.2, 0.25) is 0 Å². The lowest BCUT2D eigenvalue weighted by Gasteiger charge is -2.33. The van der Waals surface area contributed by atoms with Gasteiger partial charge in [0.25, 0.3) is 0 Å². The minimum absolute atomic E-state index is 0.0754. The standard InChI is InChI=1S/C11H13N3O5/c1-18-11(17)7-2-3-9(13-12-7)14-4-5-19-6-8(14)10(15)16/h2-3,8H,4-6H2,1H3,(H,15,16). The van der Waals surface area contributed by atoms with Crippen LogP contribution in [0.1, 0.15) is 10.5 Å². The number of aliphatic carboxylic acids is 1. The zero-order valence-electron chi connectivity index (χ0n) is 10.3. The summed E-state index contributed by atoms with van der Waals surface area (Å²) in [6.07, 6.45) is 0. The minimum Gasteiger partial charge on any atom is -0.480 e. The van der Waals surface area contributed by atoms with E-state index in [0.717, 1.165) is 0 Å². The molecule has 102 valence electrons. The largest absolute Gasteiger partial charge is 0.480 e. The van der Waals surface area contributed by atoms with Gasteiger partial charge in [-0.3, -0.25) is 0 Å². The molecule has 1 aliphatic rings. The Hall–Kier alpha value is -2.22. The summed E-state index contributed by atoms with van der Waals surface area (Å²) in [4.78, 5) is 23.9. The van der Waals surface area contributed by atoms with Crippen LogP contribution in [-0.2, 0) is 14.3 Å². The summed E-state index contributed by atoms with van der Waals surface area (Å²) < 4.78 is 9.64. The molecular weight excluding hydrogens is 254 g/mol. The van der Waals surface area contributed by atoms with Gasteiger partial charge in [-0.15, -0.1) is 10.2 Å². The van der Waals surface area contributed by atoms with Crippen molar-refractivity contribution in [2.24, 2.45) is 0 Å². The van der Waals surface area contributed by atoms with E-state index < -0.39 is 18.0 Å². The van der Waals surface area contributed by atoms with Gasteiger partial charge in [0.1, 0.15) is 0 Å². The average Bonchev–Trinajstić information content (AvgIpc) is 2.46. The first-order chi connectivity index (χ1) is 9.13. The number of hydrogen-bond donors (Lipinski definition) is 1. The third-order valence-corrected chi connectivity index (χ3v) is 2.75. The number of carbonyl (C=O) groups is 2. The molecule has 0 amide bonds. The van der Waals surface area contributed by atoms with Gasteiger partial charge in [0.05, 0.1) is 20.3 Å². The van der Waals surface area contributed by atoms with Gasteiger partial charge in [0, 0.05) is 6.54 Å². The molecular formula is C11H13N3O5. The van der Waals surface area contributed by atoms with Crippen LogP contribution in [0.2, 0.25) is 0 Å². The predicted molar refractivity (Wildman–Crippen MR) is 63.0 cm³/mol. The first-order valence-corrected chi connectivity index (χ1v) is 5.62. The second-order valence-electron chi connectivity index (χ2n) is 3.89. The van der Waals surface area contributed by atoms with E-state index in [-0.39, 0.29) is 12.3 Å². The lowest BCUT2D eigenvalue weighted by atomic mass is 10.2. The maximum absolute atomic E-state index is 11.2. The van der Waals surface area contributed by atoms with Crippen LogP contribution in [0, 0.1) is 0 Å². The number of carboxylic acid groups (broad SMARTS) is 1. The molecule has 1 fully saturated rings. The lowest BCUT2D eigenvalue weighted by Crippen LogP contribution is -2.50. The maximum atomic E-state index is 11.2. The van der Waals surface area contributed by atoms with Crippen molar-refractivity contribution in [1.82, 2.24) is 10.2 Å². The molecule has 8 heteroatoms.